The summed E-state index contributed by atoms with van der Waals surface area (Å²) in [6.45, 7) is 2.78. The Balaban J connectivity index is 2.09. The van der Waals surface area contributed by atoms with Crippen molar-refractivity contribution in [3.8, 4) is 5.69 Å². The van der Waals surface area contributed by atoms with Crippen LogP contribution in [0.25, 0.3) is 5.69 Å². The molecule has 6 nitrogen and oxygen atoms in total. The lowest BCUT2D eigenvalue weighted by Crippen LogP contribution is -2.20. The molecule has 1 atom stereocenters. The van der Waals surface area contributed by atoms with Crippen LogP contribution in [0.2, 0.25) is 0 Å². The summed E-state index contributed by atoms with van der Waals surface area (Å²) in [5, 5.41) is 14.9. The molecule has 1 N–H and O–H groups in total. The summed E-state index contributed by atoms with van der Waals surface area (Å²) in [6, 6.07) is 10.0. The van der Waals surface area contributed by atoms with Crippen molar-refractivity contribution in [3.63, 3.8) is 0 Å². The minimum Gasteiger partial charge on any atom is -0.385 e. The molecule has 1 unspecified atom stereocenters. The average Bonchev–Trinajstić information content (AvgIpc) is 2.85. The highest BCUT2D eigenvalue weighted by molar-refractivity contribution is 5.38. The first kappa shape index (κ1) is 12.5. The van der Waals surface area contributed by atoms with Crippen molar-refractivity contribution in [2.24, 2.45) is 0 Å². The number of hydrogen-bond donors (Lipinski definition) is 1. The van der Waals surface area contributed by atoms with E-state index in [-0.39, 0.29) is 6.04 Å². The zero-order valence-electron chi connectivity index (χ0n) is 10.6. The van der Waals surface area contributed by atoms with Crippen LogP contribution in [0.3, 0.4) is 0 Å². The second kappa shape index (κ2) is 6.11. The molecule has 1 aromatic heterocycles. The molecule has 0 spiro atoms. The standard InChI is InChI=1S/C12H17N5O/c1-10(8-9-18-2)13-12-14-15-16-17(12)11-6-4-3-5-7-11/h3-7,10H,8-9H2,1-2H3,(H,13,14,16). The summed E-state index contributed by atoms with van der Waals surface area (Å²) >= 11 is 0. The molecule has 18 heavy (non-hydrogen) atoms. The first-order valence-corrected chi connectivity index (χ1v) is 5.90. The fraction of sp³-hybridized carbons (Fsp3) is 0.417. The van der Waals surface area contributed by atoms with Gasteiger partial charge >= 0.3 is 0 Å². The highest BCUT2D eigenvalue weighted by Gasteiger charge is 2.10. The van der Waals surface area contributed by atoms with Crippen LogP contribution >= 0.6 is 0 Å². The molecule has 0 amide bonds. The molecule has 0 aliphatic rings. The molecular formula is C12H17N5O. The van der Waals surface area contributed by atoms with Crippen molar-refractivity contribution >= 4 is 5.95 Å². The monoisotopic (exact) mass is 247 g/mol. The SMILES string of the molecule is COCCC(C)Nc1nnnn1-c1ccccc1. The molecule has 2 aromatic rings. The average molecular weight is 247 g/mol. The van der Waals surface area contributed by atoms with Crippen molar-refractivity contribution < 1.29 is 4.74 Å². The van der Waals surface area contributed by atoms with Crippen LogP contribution in [0.1, 0.15) is 13.3 Å². The number of ether oxygens (including phenoxy) is 1. The minimum absolute atomic E-state index is 0.249. The summed E-state index contributed by atoms with van der Waals surface area (Å²) in [4.78, 5) is 0. The van der Waals surface area contributed by atoms with Gasteiger partial charge in [0.15, 0.2) is 0 Å². The van der Waals surface area contributed by atoms with Crippen molar-refractivity contribution in [2.45, 2.75) is 19.4 Å². The second-order valence-electron chi connectivity index (χ2n) is 4.08. The van der Waals surface area contributed by atoms with E-state index in [1.807, 2.05) is 30.3 Å². The number of para-hydroxylation sites is 1. The van der Waals surface area contributed by atoms with Gasteiger partial charge in [-0.25, -0.2) is 0 Å². The predicted octanol–water partition coefficient (Wildman–Crippen LogP) is 1.50. The zero-order valence-corrected chi connectivity index (χ0v) is 10.6. The summed E-state index contributed by atoms with van der Waals surface area (Å²) in [7, 11) is 1.70. The molecule has 0 saturated carbocycles. The number of tetrazole rings is 1. The van der Waals surface area contributed by atoms with Gasteiger partial charge in [0.1, 0.15) is 0 Å². The summed E-state index contributed by atoms with van der Waals surface area (Å²) < 4.78 is 6.73. The fourth-order valence-corrected chi connectivity index (χ4v) is 1.61. The van der Waals surface area contributed by atoms with Gasteiger partial charge < -0.3 is 10.1 Å². The van der Waals surface area contributed by atoms with Gasteiger partial charge in [0.05, 0.1) is 5.69 Å². The molecule has 1 heterocycles. The maximum absolute atomic E-state index is 5.05. The van der Waals surface area contributed by atoms with E-state index in [1.165, 1.54) is 0 Å². The van der Waals surface area contributed by atoms with Gasteiger partial charge in [-0.2, -0.15) is 4.68 Å². The molecule has 0 saturated heterocycles. The smallest absolute Gasteiger partial charge is 0.247 e. The van der Waals surface area contributed by atoms with E-state index in [1.54, 1.807) is 11.8 Å². The van der Waals surface area contributed by atoms with Crippen molar-refractivity contribution in [3.05, 3.63) is 30.3 Å². The molecule has 1 aromatic carbocycles. The molecule has 96 valence electrons. The first-order chi connectivity index (χ1) is 8.81. The van der Waals surface area contributed by atoms with E-state index in [0.717, 1.165) is 12.1 Å². The van der Waals surface area contributed by atoms with E-state index in [9.17, 15) is 0 Å². The van der Waals surface area contributed by atoms with Crippen LogP contribution in [0.15, 0.2) is 30.3 Å². The van der Waals surface area contributed by atoms with Crippen LogP contribution in [0, 0.1) is 0 Å². The van der Waals surface area contributed by atoms with Gasteiger partial charge in [-0.05, 0) is 35.9 Å². The normalized spacial score (nSPS) is 12.3. The lowest BCUT2D eigenvalue weighted by molar-refractivity contribution is 0.191. The molecular weight excluding hydrogens is 230 g/mol. The Morgan fingerprint density at radius 1 is 1.33 bits per heavy atom. The number of aromatic nitrogens is 4. The third-order valence-electron chi connectivity index (χ3n) is 2.60. The van der Waals surface area contributed by atoms with Gasteiger partial charge in [0, 0.05) is 19.8 Å². The Bertz CT molecular complexity index is 470. The third-order valence-corrected chi connectivity index (χ3v) is 2.60. The highest BCUT2D eigenvalue weighted by atomic mass is 16.5. The molecule has 0 radical (unpaired) electrons. The molecule has 6 heteroatoms. The van der Waals surface area contributed by atoms with E-state index in [4.69, 9.17) is 4.74 Å². The van der Waals surface area contributed by atoms with Gasteiger partial charge in [0.2, 0.25) is 5.95 Å². The molecule has 0 fully saturated rings. The molecule has 0 aliphatic heterocycles. The lowest BCUT2D eigenvalue weighted by Gasteiger charge is -2.13. The quantitative estimate of drug-likeness (QED) is 0.838. The van der Waals surface area contributed by atoms with Crippen LogP contribution in [0.5, 0.6) is 0 Å². The summed E-state index contributed by atoms with van der Waals surface area (Å²) in [5.41, 5.74) is 0.934. The van der Waals surface area contributed by atoms with Gasteiger partial charge in [-0.1, -0.05) is 23.3 Å². The highest BCUT2D eigenvalue weighted by Crippen LogP contribution is 2.12. The van der Waals surface area contributed by atoms with Crippen LogP contribution < -0.4 is 5.32 Å². The summed E-state index contributed by atoms with van der Waals surface area (Å²) in [6.07, 6.45) is 0.901. The van der Waals surface area contributed by atoms with E-state index in [0.29, 0.717) is 12.6 Å². The maximum Gasteiger partial charge on any atom is 0.247 e. The third kappa shape index (κ3) is 3.04. The van der Waals surface area contributed by atoms with E-state index < -0.39 is 0 Å². The number of rotatable bonds is 6. The predicted molar refractivity (Wildman–Crippen MR) is 68.7 cm³/mol. The Labute approximate surface area is 106 Å². The lowest BCUT2D eigenvalue weighted by atomic mass is 10.2. The van der Waals surface area contributed by atoms with Crippen molar-refractivity contribution in [1.29, 1.82) is 0 Å². The molecule has 0 aliphatic carbocycles. The second-order valence-corrected chi connectivity index (χ2v) is 4.08. The Morgan fingerprint density at radius 2 is 2.11 bits per heavy atom. The Morgan fingerprint density at radius 3 is 2.83 bits per heavy atom. The minimum atomic E-state index is 0.249. The topological polar surface area (TPSA) is 64.9 Å². The Kier molecular flexibility index (Phi) is 4.25. The van der Waals surface area contributed by atoms with Crippen molar-refractivity contribution in [2.75, 3.05) is 19.0 Å². The van der Waals surface area contributed by atoms with Gasteiger partial charge in [-0.15, -0.1) is 0 Å². The largest absolute Gasteiger partial charge is 0.385 e. The molecule has 0 bridgehead atoms. The van der Waals surface area contributed by atoms with Crippen LogP contribution in [0.4, 0.5) is 5.95 Å². The number of benzene rings is 1. The van der Waals surface area contributed by atoms with Crippen LogP contribution in [-0.4, -0.2) is 40.0 Å². The fourth-order valence-electron chi connectivity index (χ4n) is 1.61. The number of hydrogen-bond acceptors (Lipinski definition) is 5. The zero-order chi connectivity index (χ0) is 12.8. The first-order valence-electron chi connectivity index (χ1n) is 5.90. The number of anilines is 1. The van der Waals surface area contributed by atoms with E-state index >= 15 is 0 Å². The van der Waals surface area contributed by atoms with Gasteiger partial charge in [-0.3, -0.25) is 0 Å². The number of nitrogens with zero attached hydrogens (tertiary/aromatic N) is 4. The van der Waals surface area contributed by atoms with Gasteiger partial charge in [0.25, 0.3) is 0 Å². The summed E-state index contributed by atoms with van der Waals surface area (Å²) in [5.74, 6) is 0.643. The molecule has 2 rings (SSSR count). The number of methoxy groups -OCH3 is 1. The Hall–Kier alpha value is -1.95. The maximum atomic E-state index is 5.05. The van der Waals surface area contributed by atoms with Crippen molar-refractivity contribution in [1.82, 2.24) is 20.2 Å². The van der Waals surface area contributed by atoms with E-state index in [2.05, 4.69) is 27.8 Å². The number of nitrogens with one attached hydrogen (secondary N) is 1. The van der Waals surface area contributed by atoms with Crippen LogP contribution in [-0.2, 0) is 4.74 Å².